The topological polar surface area (TPSA) is 113 Å². The smallest absolute Gasteiger partial charge is 0.280 e. The molecule has 0 unspecified atom stereocenters. The van der Waals surface area contributed by atoms with Gasteiger partial charge in [0.25, 0.3) is 11.5 Å². The fourth-order valence-corrected chi connectivity index (χ4v) is 2.61. The third-order valence-corrected chi connectivity index (χ3v) is 4.07. The second-order valence-corrected chi connectivity index (χ2v) is 5.87. The van der Waals surface area contributed by atoms with Crippen molar-refractivity contribution in [3.05, 3.63) is 70.3 Å². The molecule has 0 saturated heterocycles. The number of H-pyrrole nitrogens is 1. The van der Waals surface area contributed by atoms with Crippen LogP contribution in [0.5, 0.6) is 0 Å². The summed E-state index contributed by atoms with van der Waals surface area (Å²) in [6, 6.07) is 12.0. The average molecular weight is 377 g/mol. The first-order valence-electron chi connectivity index (χ1n) is 8.77. The van der Waals surface area contributed by atoms with Gasteiger partial charge in [-0.3, -0.25) is 14.7 Å². The summed E-state index contributed by atoms with van der Waals surface area (Å²) in [7, 11) is 0. The molecule has 1 aromatic carbocycles. The highest BCUT2D eigenvalue weighted by Crippen LogP contribution is 2.16. The van der Waals surface area contributed by atoms with Crippen LogP contribution in [0.4, 0.5) is 0 Å². The first-order valence-corrected chi connectivity index (χ1v) is 8.77. The number of carbonyl (C=O) groups excluding carboxylic acids is 1. The van der Waals surface area contributed by atoms with E-state index in [4.69, 9.17) is 10.00 Å². The molecule has 2 N–H and O–H groups in total. The van der Waals surface area contributed by atoms with Gasteiger partial charge in [0.15, 0.2) is 5.82 Å². The lowest BCUT2D eigenvalue weighted by atomic mass is 10.1. The van der Waals surface area contributed by atoms with Crippen LogP contribution in [0.15, 0.2) is 53.6 Å². The number of benzene rings is 1. The van der Waals surface area contributed by atoms with E-state index in [0.29, 0.717) is 47.8 Å². The number of hydrogen-bond acceptors (Lipinski definition) is 5. The Kier molecular flexibility index (Phi) is 5.99. The summed E-state index contributed by atoms with van der Waals surface area (Å²) in [4.78, 5) is 28.9. The van der Waals surface area contributed by atoms with E-state index in [0.717, 1.165) is 0 Å². The molecule has 0 aliphatic carbocycles. The number of carbonyl (C=O) groups is 1. The normalized spacial score (nSPS) is 10.4. The monoisotopic (exact) mass is 377 g/mol. The third-order valence-electron chi connectivity index (χ3n) is 4.07. The van der Waals surface area contributed by atoms with Crippen molar-refractivity contribution in [3.8, 4) is 23.0 Å². The van der Waals surface area contributed by atoms with Gasteiger partial charge >= 0.3 is 0 Å². The van der Waals surface area contributed by atoms with Crippen molar-refractivity contribution < 1.29 is 9.53 Å². The van der Waals surface area contributed by atoms with Gasteiger partial charge in [0.2, 0.25) is 0 Å². The molecule has 2 aromatic heterocycles. The minimum atomic E-state index is -0.272. The maximum Gasteiger partial charge on any atom is 0.280 e. The molecule has 0 atom stereocenters. The van der Waals surface area contributed by atoms with Crippen molar-refractivity contribution in [1.29, 1.82) is 5.26 Å². The largest absolute Gasteiger partial charge is 0.380 e. The van der Waals surface area contributed by atoms with E-state index in [1.807, 2.05) is 13.0 Å². The number of nitrogens with zero attached hydrogens (tertiary/aromatic N) is 3. The number of nitriles is 1. The zero-order valence-corrected chi connectivity index (χ0v) is 15.3. The number of pyridine rings is 1. The van der Waals surface area contributed by atoms with Crippen LogP contribution in [0.1, 0.15) is 22.8 Å². The van der Waals surface area contributed by atoms with Crippen molar-refractivity contribution in [2.75, 3.05) is 19.8 Å². The number of amides is 1. The molecule has 142 valence electrons. The second kappa shape index (κ2) is 8.79. The van der Waals surface area contributed by atoms with Crippen molar-refractivity contribution in [3.63, 3.8) is 0 Å². The molecule has 0 saturated carbocycles. The average Bonchev–Trinajstić information content (AvgIpc) is 3.12. The van der Waals surface area contributed by atoms with Crippen molar-refractivity contribution in [2.45, 2.75) is 6.92 Å². The predicted octanol–water partition coefficient (Wildman–Crippen LogP) is 1.87. The number of hydrogen-bond donors (Lipinski definition) is 2. The summed E-state index contributed by atoms with van der Waals surface area (Å²) in [6.45, 7) is 3.35. The van der Waals surface area contributed by atoms with Crippen LogP contribution in [0.2, 0.25) is 0 Å². The SMILES string of the molecule is CCOCCNC(=O)c1ccc(-n2[nH]cc(-c3ccc(C#N)cc3)c2=O)nc1. The number of aromatic amines is 1. The van der Waals surface area contributed by atoms with Crippen molar-refractivity contribution in [1.82, 2.24) is 20.1 Å². The van der Waals surface area contributed by atoms with Gasteiger partial charge in [0.1, 0.15) is 0 Å². The molecule has 3 rings (SSSR count). The quantitative estimate of drug-likeness (QED) is 0.610. The number of rotatable bonds is 7. The second-order valence-electron chi connectivity index (χ2n) is 5.87. The summed E-state index contributed by atoms with van der Waals surface area (Å²) in [5.74, 6) is 0.117. The van der Waals surface area contributed by atoms with Crippen LogP contribution in [0.25, 0.3) is 16.9 Å². The molecule has 8 nitrogen and oxygen atoms in total. The Morgan fingerprint density at radius 1 is 1.29 bits per heavy atom. The number of nitrogens with one attached hydrogen (secondary N) is 2. The van der Waals surface area contributed by atoms with Gasteiger partial charge in [-0.05, 0) is 36.8 Å². The van der Waals surface area contributed by atoms with Crippen molar-refractivity contribution >= 4 is 5.91 Å². The Labute approximate surface area is 161 Å². The predicted molar refractivity (Wildman–Crippen MR) is 103 cm³/mol. The van der Waals surface area contributed by atoms with Gasteiger partial charge in [0.05, 0.1) is 29.4 Å². The minimum absolute atomic E-state index is 0.254. The Morgan fingerprint density at radius 3 is 2.71 bits per heavy atom. The maximum absolute atomic E-state index is 12.7. The summed E-state index contributed by atoms with van der Waals surface area (Å²) in [5.41, 5.74) is 1.81. The minimum Gasteiger partial charge on any atom is -0.380 e. The fraction of sp³-hybridized carbons (Fsp3) is 0.200. The fourth-order valence-electron chi connectivity index (χ4n) is 2.61. The van der Waals surface area contributed by atoms with Gasteiger partial charge in [0, 0.05) is 25.5 Å². The zero-order valence-electron chi connectivity index (χ0n) is 15.3. The number of aromatic nitrogens is 3. The Morgan fingerprint density at radius 2 is 2.07 bits per heavy atom. The molecular formula is C20H19N5O3. The maximum atomic E-state index is 12.7. The summed E-state index contributed by atoms with van der Waals surface area (Å²) < 4.78 is 6.47. The molecule has 0 bridgehead atoms. The lowest BCUT2D eigenvalue weighted by Crippen LogP contribution is -2.27. The molecule has 0 fully saturated rings. The molecule has 0 aliphatic heterocycles. The Hall–Kier alpha value is -3.70. The van der Waals surface area contributed by atoms with E-state index in [1.54, 1.807) is 42.6 Å². The molecule has 0 aliphatic rings. The van der Waals surface area contributed by atoms with Crippen molar-refractivity contribution in [2.24, 2.45) is 0 Å². The highest BCUT2D eigenvalue weighted by molar-refractivity contribution is 5.93. The van der Waals surface area contributed by atoms with Crippen LogP contribution in [0.3, 0.4) is 0 Å². The van der Waals surface area contributed by atoms with Crippen LogP contribution in [-0.2, 0) is 4.74 Å². The standard InChI is InChI=1S/C20H19N5O3/c1-2-28-10-9-22-19(26)16-7-8-18(23-12-16)25-20(27)17(13-24-25)15-5-3-14(11-21)4-6-15/h3-8,12-13,24H,2,9-10H2,1H3,(H,22,26). The molecule has 8 heteroatoms. The summed E-state index contributed by atoms with van der Waals surface area (Å²) in [6.07, 6.45) is 3.00. The van der Waals surface area contributed by atoms with Crippen LogP contribution < -0.4 is 10.9 Å². The Balaban J connectivity index is 1.75. The lowest BCUT2D eigenvalue weighted by molar-refractivity contribution is 0.0922. The highest BCUT2D eigenvalue weighted by atomic mass is 16.5. The van der Waals surface area contributed by atoms with E-state index < -0.39 is 0 Å². The zero-order chi connectivity index (χ0) is 19.9. The number of ether oxygens (including phenoxy) is 1. The van der Waals surface area contributed by atoms with Crippen LogP contribution in [0, 0.1) is 11.3 Å². The lowest BCUT2D eigenvalue weighted by Gasteiger charge is -2.06. The first kappa shape index (κ1) is 19.1. The Bertz CT molecular complexity index is 1040. The van der Waals surface area contributed by atoms with Gasteiger partial charge in [-0.2, -0.15) is 5.26 Å². The van der Waals surface area contributed by atoms with Gasteiger partial charge < -0.3 is 10.1 Å². The van der Waals surface area contributed by atoms with Gasteiger partial charge in [-0.1, -0.05) is 12.1 Å². The third kappa shape index (κ3) is 4.16. The highest BCUT2D eigenvalue weighted by Gasteiger charge is 2.12. The van der Waals surface area contributed by atoms with Gasteiger partial charge in [-0.25, -0.2) is 9.67 Å². The molecule has 3 aromatic rings. The molecule has 0 spiro atoms. The van der Waals surface area contributed by atoms with E-state index in [-0.39, 0.29) is 11.5 Å². The first-order chi connectivity index (χ1) is 13.6. The summed E-state index contributed by atoms with van der Waals surface area (Å²) in [5, 5.41) is 14.5. The van der Waals surface area contributed by atoms with E-state index >= 15 is 0 Å². The van der Waals surface area contributed by atoms with Crippen LogP contribution in [-0.4, -0.2) is 40.4 Å². The summed E-state index contributed by atoms with van der Waals surface area (Å²) >= 11 is 0. The van der Waals surface area contributed by atoms with Gasteiger partial charge in [-0.15, -0.1) is 0 Å². The van der Waals surface area contributed by atoms with E-state index in [9.17, 15) is 9.59 Å². The molecule has 28 heavy (non-hydrogen) atoms. The van der Waals surface area contributed by atoms with Crippen LogP contribution >= 0.6 is 0 Å². The van der Waals surface area contributed by atoms with E-state index in [2.05, 4.69) is 15.4 Å². The molecular weight excluding hydrogens is 358 g/mol. The molecule has 1 amide bonds. The molecule has 2 heterocycles. The molecule has 0 radical (unpaired) electrons. The van der Waals surface area contributed by atoms with E-state index in [1.165, 1.54) is 10.9 Å².